The third kappa shape index (κ3) is 3.81. The first-order chi connectivity index (χ1) is 11.3. The van der Waals surface area contributed by atoms with E-state index in [-0.39, 0.29) is 31.6 Å². The van der Waals surface area contributed by atoms with Gasteiger partial charge in [-0.15, -0.1) is 0 Å². The van der Waals surface area contributed by atoms with Crippen LogP contribution in [-0.4, -0.2) is 52.7 Å². The largest absolute Gasteiger partial charge is 0.494 e. The molecule has 2 rings (SSSR count). The van der Waals surface area contributed by atoms with Gasteiger partial charge in [0.05, 0.1) is 19.4 Å². The fourth-order valence-electron chi connectivity index (χ4n) is 2.80. The fraction of sp³-hybridized carbons (Fsp3) is 0.438. The first-order valence-corrected chi connectivity index (χ1v) is 7.41. The molecule has 1 saturated heterocycles. The maximum absolute atomic E-state index is 13.7. The van der Waals surface area contributed by atoms with Gasteiger partial charge in [-0.05, 0) is 30.5 Å². The van der Waals surface area contributed by atoms with E-state index in [9.17, 15) is 23.9 Å². The molecule has 130 valence electrons. The first kappa shape index (κ1) is 17.7. The molecule has 7 nitrogen and oxygen atoms in total. The van der Waals surface area contributed by atoms with E-state index < -0.39 is 35.6 Å². The number of methoxy groups -OCH3 is 1. The standard InChI is InChI=1S/C16H18FNO6/c1-24-13-5-2-9(6-11(13)17)7-14(19)18-8-10(15(20)21)3-4-12(18)16(22)23/h2,5-6,10,12H,3-4,7-8H2,1H3,(H,20,21)(H,22,23)/t10-,12+/m0/s1. The van der Waals surface area contributed by atoms with Crippen molar-refractivity contribution in [1.29, 1.82) is 0 Å². The highest BCUT2D eigenvalue weighted by molar-refractivity contribution is 5.86. The summed E-state index contributed by atoms with van der Waals surface area (Å²) in [5, 5.41) is 18.3. The third-order valence-electron chi connectivity index (χ3n) is 4.11. The zero-order valence-electron chi connectivity index (χ0n) is 13.1. The normalized spacial score (nSPS) is 20.5. The van der Waals surface area contributed by atoms with Crippen LogP contribution < -0.4 is 4.74 Å². The van der Waals surface area contributed by atoms with Crippen molar-refractivity contribution in [3.05, 3.63) is 29.6 Å². The molecular formula is C16H18FNO6. The SMILES string of the molecule is COc1ccc(CC(=O)N2C[C@@H](C(=O)O)CC[C@@H]2C(=O)O)cc1F. The Hall–Kier alpha value is -2.64. The number of piperidine rings is 1. The van der Waals surface area contributed by atoms with Crippen LogP contribution in [0.4, 0.5) is 4.39 Å². The van der Waals surface area contributed by atoms with Crippen molar-refractivity contribution in [3.8, 4) is 5.75 Å². The molecule has 1 aliphatic heterocycles. The van der Waals surface area contributed by atoms with Gasteiger partial charge in [-0.25, -0.2) is 9.18 Å². The number of ether oxygens (including phenoxy) is 1. The highest BCUT2D eigenvalue weighted by Gasteiger charge is 2.38. The van der Waals surface area contributed by atoms with Crippen molar-refractivity contribution in [3.63, 3.8) is 0 Å². The minimum absolute atomic E-state index is 0.0403. The van der Waals surface area contributed by atoms with Gasteiger partial charge >= 0.3 is 11.9 Å². The van der Waals surface area contributed by atoms with Crippen LogP contribution in [0.5, 0.6) is 5.75 Å². The fourth-order valence-corrected chi connectivity index (χ4v) is 2.80. The summed E-state index contributed by atoms with van der Waals surface area (Å²) < 4.78 is 18.5. The van der Waals surface area contributed by atoms with Gasteiger partial charge < -0.3 is 19.8 Å². The van der Waals surface area contributed by atoms with Gasteiger partial charge in [0.2, 0.25) is 5.91 Å². The zero-order chi connectivity index (χ0) is 17.9. The van der Waals surface area contributed by atoms with E-state index in [1.807, 2.05) is 0 Å². The molecule has 0 aliphatic carbocycles. The third-order valence-corrected chi connectivity index (χ3v) is 4.11. The number of aliphatic carboxylic acids is 2. The molecule has 1 aromatic carbocycles. The van der Waals surface area contributed by atoms with E-state index in [0.717, 1.165) is 11.0 Å². The Balaban J connectivity index is 2.16. The first-order valence-electron chi connectivity index (χ1n) is 7.41. The molecular weight excluding hydrogens is 321 g/mol. The Kier molecular flexibility index (Phi) is 5.38. The minimum Gasteiger partial charge on any atom is -0.494 e. The van der Waals surface area contributed by atoms with Crippen LogP contribution in [0.3, 0.4) is 0 Å². The monoisotopic (exact) mass is 339 g/mol. The van der Waals surface area contributed by atoms with Crippen LogP contribution in [0.1, 0.15) is 18.4 Å². The Morgan fingerprint density at radius 1 is 1.25 bits per heavy atom. The van der Waals surface area contributed by atoms with Crippen LogP contribution in [0, 0.1) is 11.7 Å². The van der Waals surface area contributed by atoms with Gasteiger partial charge in [0, 0.05) is 6.54 Å². The molecule has 1 fully saturated rings. The molecule has 1 heterocycles. The lowest BCUT2D eigenvalue weighted by Crippen LogP contribution is -2.52. The Morgan fingerprint density at radius 3 is 2.50 bits per heavy atom. The van der Waals surface area contributed by atoms with Crippen molar-refractivity contribution < 1.29 is 33.7 Å². The van der Waals surface area contributed by atoms with Gasteiger partial charge in [0.25, 0.3) is 0 Å². The number of hydrogen-bond donors (Lipinski definition) is 2. The molecule has 1 amide bonds. The summed E-state index contributed by atoms with van der Waals surface area (Å²) in [7, 11) is 1.32. The van der Waals surface area contributed by atoms with E-state index in [1.54, 1.807) is 0 Å². The van der Waals surface area contributed by atoms with E-state index in [0.29, 0.717) is 5.56 Å². The number of rotatable bonds is 5. The topological polar surface area (TPSA) is 104 Å². The Bertz CT molecular complexity index is 662. The summed E-state index contributed by atoms with van der Waals surface area (Å²) >= 11 is 0. The lowest BCUT2D eigenvalue weighted by Gasteiger charge is -2.36. The molecule has 0 saturated carbocycles. The average molecular weight is 339 g/mol. The van der Waals surface area contributed by atoms with Gasteiger partial charge in [-0.2, -0.15) is 0 Å². The van der Waals surface area contributed by atoms with Crippen LogP contribution in [-0.2, 0) is 20.8 Å². The molecule has 1 aliphatic rings. The van der Waals surface area contributed by atoms with Crippen LogP contribution in [0.25, 0.3) is 0 Å². The van der Waals surface area contributed by atoms with Crippen molar-refractivity contribution >= 4 is 17.8 Å². The smallest absolute Gasteiger partial charge is 0.326 e. The highest BCUT2D eigenvalue weighted by Crippen LogP contribution is 2.24. The number of benzene rings is 1. The molecule has 8 heteroatoms. The molecule has 2 atom stereocenters. The lowest BCUT2D eigenvalue weighted by atomic mass is 9.92. The predicted molar refractivity (Wildman–Crippen MR) is 80.2 cm³/mol. The van der Waals surface area contributed by atoms with Crippen LogP contribution in [0.2, 0.25) is 0 Å². The maximum Gasteiger partial charge on any atom is 0.326 e. The summed E-state index contributed by atoms with van der Waals surface area (Å²) in [6.45, 7) is -0.163. The molecule has 2 N–H and O–H groups in total. The average Bonchev–Trinajstić information content (AvgIpc) is 2.54. The van der Waals surface area contributed by atoms with Crippen molar-refractivity contribution in [2.24, 2.45) is 5.92 Å². The minimum atomic E-state index is -1.17. The Morgan fingerprint density at radius 2 is 1.96 bits per heavy atom. The van der Waals surface area contributed by atoms with E-state index in [4.69, 9.17) is 9.84 Å². The number of carbonyl (C=O) groups is 3. The number of carboxylic acid groups (broad SMARTS) is 2. The van der Waals surface area contributed by atoms with Gasteiger partial charge in [-0.3, -0.25) is 9.59 Å². The molecule has 0 spiro atoms. The van der Waals surface area contributed by atoms with E-state index in [2.05, 4.69) is 0 Å². The molecule has 0 bridgehead atoms. The summed E-state index contributed by atoms with van der Waals surface area (Å²) in [5.41, 5.74) is 0.361. The van der Waals surface area contributed by atoms with Gasteiger partial charge in [0.1, 0.15) is 6.04 Å². The summed E-state index contributed by atoms with van der Waals surface area (Å²) in [5.74, 6) is -4.16. The van der Waals surface area contributed by atoms with Gasteiger partial charge in [-0.1, -0.05) is 6.07 Å². The number of carbonyl (C=O) groups excluding carboxylic acids is 1. The lowest BCUT2D eigenvalue weighted by molar-refractivity contribution is -0.157. The number of carboxylic acids is 2. The maximum atomic E-state index is 13.7. The number of halogens is 1. The Labute approximate surface area is 137 Å². The van der Waals surface area contributed by atoms with E-state index >= 15 is 0 Å². The second-order valence-corrected chi connectivity index (χ2v) is 5.66. The number of hydrogen-bond acceptors (Lipinski definition) is 4. The predicted octanol–water partition coefficient (Wildman–Crippen LogP) is 1.15. The molecule has 0 unspecified atom stereocenters. The summed E-state index contributed by atoms with van der Waals surface area (Å²) in [6, 6.07) is 2.97. The quantitative estimate of drug-likeness (QED) is 0.834. The second kappa shape index (κ2) is 7.29. The van der Waals surface area contributed by atoms with Crippen molar-refractivity contribution in [2.45, 2.75) is 25.3 Å². The molecule has 0 radical (unpaired) electrons. The van der Waals surface area contributed by atoms with Crippen LogP contribution >= 0.6 is 0 Å². The molecule has 1 aromatic rings. The van der Waals surface area contributed by atoms with Crippen molar-refractivity contribution in [1.82, 2.24) is 4.90 Å². The molecule has 24 heavy (non-hydrogen) atoms. The number of likely N-dealkylation sites (tertiary alicyclic amines) is 1. The van der Waals surface area contributed by atoms with Gasteiger partial charge in [0.15, 0.2) is 11.6 Å². The summed E-state index contributed by atoms with van der Waals surface area (Å²) in [4.78, 5) is 35.9. The summed E-state index contributed by atoms with van der Waals surface area (Å²) in [6.07, 6.45) is 0.0687. The van der Waals surface area contributed by atoms with E-state index in [1.165, 1.54) is 19.2 Å². The van der Waals surface area contributed by atoms with Crippen molar-refractivity contribution in [2.75, 3.05) is 13.7 Å². The zero-order valence-corrected chi connectivity index (χ0v) is 13.1. The highest BCUT2D eigenvalue weighted by atomic mass is 19.1. The number of amides is 1. The number of nitrogens with zero attached hydrogens (tertiary/aromatic N) is 1. The molecule has 0 aromatic heterocycles. The van der Waals surface area contributed by atoms with Crippen LogP contribution in [0.15, 0.2) is 18.2 Å². The second-order valence-electron chi connectivity index (χ2n) is 5.66.